The van der Waals surface area contributed by atoms with Crippen molar-refractivity contribution < 1.29 is 35.1 Å². The van der Waals surface area contributed by atoms with Gasteiger partial charge in [0.05, 0.1) is 21.9 Å². The highest BCUT2D eigenvalue weighted by Crippen LogP contribution is 2.40. The SMILES string of the molecule is Fc1cc(F)c2c(c1)-c1nc-2nc2[nH]c(nc3nc(nc4[nH]c(n1)c1c(F)cc(F)cc41)-c1c(F)cc(F)cc1-3)c1c(F)cc(F)cc21. The van der Waals surface area contributed by atoms with Gasteiger partial charge in [-0.05, 0) is 24.3 Å². The summed E-state index contributed by atoms with van der Waals surface area (Å²) in [4.78, 5) is 31.1. The summed E-state index contributed by atoms with van der Waals surface area (Å²) in [6.45, 7) is 0. The zero-order chi connectivity index (χ0) is 33.2. The lowest BCUT2D eigenvalue weighted by Crippen LogP contribution is -1.90. The van der Waals surface area contributed by atoms with Crippen LogP contribution in [0.2, 0.25) is 0 Å². The van der Waals surface area contributed by atoms with Gasteiger partial charge in [0.1, 0.15) is 69.1 Å². The van der Waals surface area contributed by atoms with Crippen molar-refractivity contribution in [3.8, 4) is 45.6 Å². The van der Waals surface area contributed by atoms with Crippen molar-refractivity contribution in [3.63, 3.8) is 0 Å². The van der Waals surface area contributed by atoms with Crippen LogP contribution in [-0.4, -0.2) is 39.9 Å². The van der Waals surface area contributed by atoms with E-state index in [2.05, 4.69) is 39.9 Å². The molecule has 2 aliphatic heterocycles. The maximum absolute atomic E-state index is 15.3. The van der Waals surface area contributed by atoms with Gasteiger partial charge in [0.25, 0.3) is 0 Å². The Kier molecular flexibility index (Phi) is 5.59. The average Bonchev–Trinajstić information content (AvgIpc) is 3.72. The van der Waals surface area contributed by atoms with Crippen LogP contribution in [0.3, 0.4) is 0 Å². The molecule has 0 aliphatic carbocycles. The minimum Gasteiger partial charge on any atom is -0.324 e. The molecular weight excluding hydrogens is 648 g/mol. The number of rotatable bonds is 0. The lowest BCUT2D eigenvalue weighted by atomic mass is 10.1. The number of aromatic nitrogens is 8. The van der Waals surface area contributed by atoms with Gasteiger partial charge in [0, 0.05) is 46.2 Å². The van der Waals surface area contributed by atoms with Crippen molar-refractivity contribution in [1.29, 1.82) is 0 Å². The van der Waals surface area contributed by atoms with Gasteiger partial charge < -0.3 is 9.97 Å². The molecule has 234 valence electrons. The molecule has 2 aliphatic rings. The quantitative estimate of drug-likeness (QED) is 0.160. The van der Waals surface area contributed by atoms with E-state index in [1.54, 1.807) is 0 Å². The van der Waals surface area contributed by atoms with Crippen molar-refractivity contribution in [3.05, 3.63) is 95.1 Å². The lowest BCUT2D eigenvalue weighted by molar-refractivity contribution is 0.585. The van der Waals surface area contributed by atoms with Crippen LogP contribution in [0, 0.1) is 46.5 Å². The molecule has 8 bridgehead atoms. The molecule has 0 atom stereocenters. The molecule has 8 nitrogen and oxygen atoms in total. The topological polar surface area (TPSA) is 109 Å². The molecule has 0 saturated heterocycles. The summed E-state index contributed by atoms with van der Waals surface area (Å²) < 4.78 is 119. The molecule has 16 heteroatoms. The fourth-order valence-electron chi connectivity index (χ4n) is 5.97. The Morgan fingerprint density at radius 2 is 0.708 bits per heavy atom. The summed E-state index contributed by atoms with van der Waals surface area (Å²) in [6.07, 6.45) is 0. The Labute approximate surface area is 259 Å². The Morgan fingerprint density at radius 1 is 0.354 bits per heavy atom. The molecule has 9 rings (SSSR count). The number of nitrogens with zero attached hydrogens (tertiary/aromatic N) is 6. The molecule has 0 fully saturated rings. The van der Waals surface area contributed by atoms with Crippen molar-refractivity contribution in [2.45, 2.75) is 0 Å². The zero-order valence-corrected chi connectivity index (χ0v) is 23.3. The molecule has 4 aromatic carbocycles. The third kappa shape index (κ3) is 4.01. The van der Waals surface area contributed by atoms with E-state index in [4.69, 9.17) is 0 Å². The molecular formula is C32H10F8N8. The third-order valence-electron chi connectivity index (χ3n) is 7.90. The van der Waals surface area contributed by atoms with Gasteiger partial charge in [-0.15, -0.1) is 0 Å². The second-order valence-corrected chi connectivity index (χ2v) is 10.9. The number of hydrogen-bond donors (Lipinski definition) is 2. The predicted octanol–water partition coefficient (Wildman–Crippen LogP) is 7.98. The van der Waals surface area contributed by atoms with E-state index in [1.165, 1.54) is 0 Å². The van der Waals surface area contributed by atoms with Crippen LogP contribution in [0.4, 0.5) is 35.1 Å². The molecule has 0 saturated carbocycles. The average molecular weight is 658 g/mol. The van der Waals surface area contributed by atoms with Gasteiger partial charge >= 0.3 is 0 Å². The third-order valence-corrected chi connectivity index (χ3v) is 7.90. The highest BCUT2D eigenvalue weighted by atomic mass is 19.2. The van der Waals surface area contributed by atoms with E-state index in [-0.39, 0.29) is 78.0 Å². The highest BCUT2D eigenvalue weighted by Gasteiger charge is 2.28. The van der Waals surface area contributed by atoms with Gasteiger partial charge in [-0.1, -0.05) is 0 Å². The minimum absolute atomic E-state index is 0.186. The van der Waals surface area contributed by atoms with Crippen molar-refractivity contribution in [2.24, 2.45) is 0 Å². The van der Waals surface area contributed by atoms with E-state index in [9.17, 15) is 17.6 Å². The van der Waals surface area contributed by atoms with Crippen molar-refractivity contribution >= 4 is 44.1 Å². The zero-order valence-electron chi connectivity index (χ0n) is 23.3. The summed E-state index contributed by atoms with van der Waals surface area (Å²) in [7, 11) is 0. The monoisotopic (exact) mass is 658 g/mol. The number of benzene rings is 4. The smallest absolute Gasteiger partial charge is 0.167 e. The van der Waals surface area contributed by atoms with Crippen LogP contribution in [0.5, 0.6) is 0 Å². The van der Waals surface area contributed by atoms with E-state index in [0.717, 1.165) is 24.3 Å². The van der Waals surface area contributed by atoms with Crippen LogP contribution in [0.15, 0.2) is 48.5 Å². The summed E-state index contributed by atoms with van der Waals surface area (Å²) in [5.41, 5.74) is -2.33. The molecule has 0 amide bonds. The number of hydrogen-bond acceptors (Lipinski definition) is 6. The van der Waals surface area contributed by atoms with Crippen LogP contribution >= 0.6 is 0 Å². The first-order chi connectivity index (χ1) is 23.0. The fraction of sp³-hybridized carbons (Fsp3) is 0. The molecule has 3 aromatic heterocycles. The van der Waals surface area contributed by atoms with Crippen molar-refractivity contribution in [2.75, 3.05) is 0 Å². The number of aromatic amines is 2. The Balaban J connectivity index is 1.55. The molecule has 5 heterocycles. The van der Waals surface area contributed by atoms with Crippen LogP contribution < -0.4 is 0 Å². The molecule has 48 heavy (non-hydrogen) atoms. The minimum atomic E-state index is -1.11. The summed E-state index contributed by atoms with van der Waals surface area (Å²) in [6, 6.07) is 5.90. The number of halogens is 8. The predicted molar refractivity (Wildman–Crippen MR) is 156 cm³/mol. The van der Waals surface area contributed by atoms with Crippen LogP contribution in [-0.2, 0) is 0 Å². The van der Waals surface area contributed by atoms with Crippen molar-refractivity contribution in [1.82, 2.24) is 39.9 Å². The first-order valence-electron chi connectivity index (χ1n) is 13.8. The normalized spacial score (nSPS) is 12.2. The summed E-state index contributed by atoms with van der Waals surface area (Å²) >= 11 is 0. The van der Waals surface area contributed by atoms with Gasteiger partial charge in [0.2, 0.25) is 0 Å². The molecule has 0 unspecified atom stereocenters. The molecule has 7 aromatic rings. The number of H-pyrrole nitrogens is 2. The second-order valence-electron chi connectivity index (χ2n) is 10.9. The molecule has 0 spiro atoms. The van der Waals surface area contributed by atoms with Crippen LogP contribution in [0.25, 0.3) is 89.7 Å². The van der Waals surface area contributed by atoms with E-state index in [1.807, 2.05) is 0 Å². The maximum atomic E-state index is 15.3. The summed E-state index contributed by atoms with van der Waals surface area (Å²) in [5.74, 6) is -10.0. The number of nitrogens with one attached hydrogen (secondary N) is 2. The molecule has 2 N–H and O–H groups in total. The van der Waals surface area contributed by atoms with E-state index >= 15 is 17.6 Å². The van der Waals surface area contributed by atoms with Gasteiger partial charge in [0.15, 0.2) is 23.3 Å². The largest absolute Gasteiger partial charge is 0.324 e. The van der Waals surface area contributed by atoms with E-state index < -0.39 is 58.2 Å². The van der Waals surface area contributed by atoms with E-state index in [0.29, 0.717) is 24.3 Å². The maximum Gasteiger partial charge on any atom is 0.167 e. The Hall–Kier alpha value is -6.32. The van der Waals surface area contributed by atoms with Gasteiger partial charge in [-0.25, -0.2) is 65.0 Å². The molecule has 0 radical (unpaired) electrons. The Bertz CT molecular complexity index is 2600. The standard InChI is InChI=1S/C32H10F8N8/c33-9-1-13-21(17(37)5-9)29-41-25(13)45-30-22-14(2-10(34)6-18(22)38)27(42-30)47-32-24-16(4-12(36)8-20(24)40)28(44-32)48-31-23-15(26(43-31)46-29)3-11(35)7-19(23)39/h1-8H,(H2,41,42,43,44,45,46,47,48). The van der Waals surface area contributed by atoms with Gasteiger partial charge in [-0.2, -0.15) is 0 Å². The van der Waals surface area contributed by atoms with Gasteiger partial charge in [-0.3, -0.25) is 0 Å². The lowest BCUT2D eigenvalue weighted by Gasteiger charge is -2.00. The highest BCUT2D eigenvalue weighted by molar-refractivity contribution is 6.06. The summed E-state index contributed by atoms with van der Waals surface area (Å²) in [5, 5.41) is -1.00. The van der Waals surface area contributed by atoms with Crippen LogP contribution in [0.1, 0.15) is 0 Å². The number of fused-ring (bicyclic) bond motifs is 20. The first-order valence-corrected chi connectivity index (χ1v) is 13.8. The fourth-order valence-corrected chi connectivity index (χ4v) is 5.97. The Morgan fingerprint density at radius 3 is 1.12 bits per heavy atom. The first kappa shape index (κ1) is 27.9. The second kappa shape index (κ2) is 9.60.